The molecule has 33 heavy (non-hydrogen) atoms. The second kappa shape index (κ2) is 8.35. The fourth-order valence-electron chi connectivity index (χ4n) is 5.76. The van der Waals surface area contributed by atoms with Crippen molar-refractivity contribution in [1.82, 2.24) is 24.8 Å². The van der Waals surface area contributed by atoms with E-state index < -0.39 is 0 Å². The number of rotatable bonds is 4. The maximum Gasteiger partial charge on any atom is 0.255 e. The van der Waals surface area contributed by atoms with Gasteiger partial charge in [0, 0.05) is 59.6 Å². The van der Waals surface area contributed by atoms with Gasteiger partial charge in [-0.25, -0.2) is 9.97 Å². The Morgan fingerprint density at radius 2 is 1.70 bits per heavy atom. The highest BCUT2D eigenvalue weighted by atomic mass is 16.2. The van der Waals surface area contributed by atoms with Crippen molar-refractivity contribution in [2.24, 2.45) is 5.92 Å². The molecule has 2 aliphatic heterocycles. The molecule has 1 aromatic carbocycles. The maximum atomic E-state index is 13.5. The zero-order valence-electron chi connectivity index (χ0n) is 18.3. The Bertz CT molecular complexity index is 1290. The second-order valence-corrected chi connectivity index (χ2v) is 9.22. The fraction of sp³-hybridized carbons (Fsp3) is 0.296. The number of pyridine rings is 2. The molecule has 4 aromatic rings. The van der Waals surface area contributed by atoms with E-state index in [0.29, 0.717) is 23.6 Å². The van der Waals surface area contributed by atoms with Gasteiger partial charge in [-0.05, 0) is 61.8 Å². The van der Waals surface area contributed by atoms with Crippen LogP contribution in [-0.4, -0.2) is 42.8 Å². The Hall–Kier alpha value is -3.67. The van der Waals surface area contributed by atoms with Crippen molar-refractivity contribution >= 4 is 16.8 Å². The van der Waals surface area contributed by atoms with E-state index in [1.165, 1.54) is 17.3 Å². The predicted octanol–water partition coefficient (Wildman–Crippen LogP) is 4.71. The van der Waals surface area contributed by atoms with Gasteiger partial charge in [-0.3, -0.25) is 14.8 Å². The minimum atomic E-state index is 0.0986. The number of benzene rings is 1. The third-order valence-electron chi connectivity index (χ3n) is 7.19. The number of carbonyl (C=O) groups excluding carboxylic acids is 1. The standard InChI is InChI=1S/C27H25N5O/c33-27(21-12-20(13-28-14-21)22-15-29-17-30-16-22)32-23-6-7-24(32)11-18(10-23)9-19-3-1-5-26-25(19)4-2-8-31-26/h1-5,8,12-18,23-24H,6-7,9-11H2/t23-,24-/m0/s1. The smallest absolute Gasteiger partial charge is 0.255 e. The van der Waals surface area contributed by atoms with E-state index in [9.17, 15) is 4.79 Å². The molecule has 6 nitrogen and oxygen atoms in total. The molecular formula is C27H25N5O. The Morgan fingerprint density at radius 1 is 0.909 bits per heavy atom. The number of fused-ring (bicyclic) bond motifs is 3. The van der Waals surface area contributed by atoms with Crippen LogP contribution in [0.2, 0.25) is 0 Å². The summed E-state index contributed by atoms with van der Waals surface area (Å²) in [6.07, 6.45) is 15.6. The van der Waals surface area contributed by atoms with Crippen molar-refractivity contribution in [3.8, 4) is 11.1 Å². The highest BCUT2D eigenvalue weighted by Crippen LogP contribution is 2.41. The zero-order valence-corrected chi connectivity index (χ0v) is 18.3. The van der Waals surface area contributed by atoms with Crippen LogP contribution in [0.25, 0.3) is 22.0 Å². The molecule has 0 unspecified atom stereocenters. The molecule has 164 valence electrons. The monoisotopic (exact) mass is 435 g/mol. The molecule has 2 atom stereocenters. The maximum absolute atomic E-state index is 13.5. The molecule has 2 saturated heterocycles. The van der Waals surface area contributed by atoms with Crippen LogP contribution in [-0.2, 0) is 6.42 Å². The number of hydrogen-bond donors (Lipinski definition) is 0. The Labute approximate surface area is 192 Å². The van der Waals surface area contributed by atoms with Crippen LogP contribution in [0.15, 0.2) is 73.7 Å². The summed E-state index contributed by atoms with van der Waals surface area (Å²) in [6.45, 7) is 0. The van der Waals surface area contributed by atoms with Crippen LogP contribution in [0.4, 0.5) is 0 Å². The van der Waals surface area contributed by atoms with Crippen molar-refractivity contribution in [2.45, 2.75) is 44.2 Å². The number of piperidine rings is 1. The quantitative estimate of drug-likeness (QED) is 0.464. The van der Waals surface area contributed by atoms with Gasteiger partial charge in [0.1, 0.15) is 6.33 Å². The average Bonchev–Trinajstić information content (AvgIpc) is 3.14. The first-order valence-electron chi connectivity index (χ1n) is 11.6. The van der Waals surface area contributed by atoms with E-state index in [1.807, 2.05) is 18.3 Å². The lowest BCUT2D eigenvalue weighted by Crippen LogP contribution is -2.47. The fourth-order valence-corrected chi connectivity index (χ4v) is 5.76. The minimum absolute atomic E-state index is 0.0986. The van der Waals surface area contributed by atoms with Crippen molar-refractivity contribution in [1.29, 1.82) is 0 Å². The van der Waals surface area contributed by atoms with Crippen molar-refractivity contribution in [2.75, 3.05) is 0 Å². The summed E-state index contributed by atoms with van der Waals surface area (Å²) in [4.78, 5) is 32.7. The molecule has 0 aliphatic carbocycles. The highest BCUT2D eigenvalue weighted by molar-refractivity contribution is 5.95. The van der Waals surface area contributed by atoms with Gasteiger partial charge in [-0.15, -0.1) is 0 Å². The van der Waals surface area contributed by atoms with E-state index >= 15 is 0 Å². The first-order valence-corrected chi connectivity index (χ1v) is 11.6. The molecule has 0 N–H and O–H groups in total. The predicted molar refractivity (Wildman–Crippen MR) is 126 cm³/mol. The molecule has 1 amide bonds. The summed E-state index contributed by atoms with van der Waals surface area (Å²) in [7, 11) is 0. The summed E-state index contributed by atoms with van der Waals surface area (Å²) in [5, 5.41) is 1.25. The van der Waals surface area contributed by atoms with Crippen LogP contribution < -0.4 is 0 Å². The number of carbonyl (C=O) groups is 1. The van der Waals surface area contributed by atoms with Crippen molar-refractivity contribution < 1.29 is 4.79 Å². The van der Waals surface area contributed by atoms with E-state index in [4.69, 9.17) is 0 Å². The van der Waals surface area contributed by atoms with Crippen LogP contribution in [0.1, 0.15) is 41.6 Å². The average molecular weight is 436 g/mol. The van der Waals surface area contributed by atoms with E-state index in [-0.39, 0.29) is 5.91 Å². The first kappa shape index (κ1) is 20.0. The Kier molecular flexibility index (Phi) is 5.06. The van der Waals surface area contributed by atoms with Gasteiger partial charge >= 0.3 is 0 Å². The van der Waals surface area contributed by atoms with Crippen molar-refractivity contribution in [3.05, 3.63) is 84.8 Å². The normalized spacial score (nSPS) is 21.9. The number of nitrogens with zero attached hydrogens (tertiary/aromatic N) is 5. The van der Waals surface area contributed by atoms with E-state index in [1.54, 1.807) is 24.8 Å². The van der Waals surface area contributed by atoms with Gasteiger partial charge in [-0.2, -0.15) is 0 Å². The molecular weight excluding hydrogens is 410 g/mol. The Balaban J connectivity index is 1.21. The van der Waals surface area contributed by atoms with Gasteiger partial charge in [0.15, 0.2) is 0 Å². The molecule has 5 heterocycles. The molecule has 0 spiro atoms. The van der Waals surface area contributed by atoms with Crippen LogP contribution >= 0.6 is 0 Å². The lowest BCUT2D eigenvalue weighted by atomic mass is 9.84. The van der Waals surface area contributed by atoms with Gasteiger partial charge < -0.3 is 4.90 Å². The highest BCUT2D eigenvalue weighted by Gasteiger charge is 2.43. The van der Waals surface area contributed by atoms with E-state index in [0.717, 1.165) is 48.7 Å². The molecule has 6 rings (SSSR count). The summed E-state index contributed by atoms with van der Waals surface area (Å²) in [5.74, 6) is 0.685. The Morgan fingerprint density at radius 3 is 2.52 bits per heavy atom. The van der Waals surface area contributed by atoms with Gasteiger partial charge in [0.05, 0.1) is 11.1 Å². The molecule has 6 heteroatoms. The number of hydrogen-bond acceptors (Lipinski definition) is 5. The van der Waals surface area contributed by atoms with Crippen molar-refractivity contribution in [3.63, 3.8) is 0 Å². The molecule has 0 radical (unpaired) electrons. The third kappa shape index (κ3) is 3.75. The number of aromatic nitrogens is 4. The lowest BCUT2D eigenvalue weighted by Gasteiger charge is -2.39. The first-order chi connectivity index (χ1) is 16.3. The topological polar surface area (TPSA) is 71.9 Å². The van der Waals surface area contributed by atoms with Crippen LogP contribution in [0.3, 0.4) is 0 Å². The summed E-state index contributed by atoms with van der Waals surface area (Å²) < 4.78 is 0. The SMILES string of the molecule is O=C(c1cncc(-c2cncnc2)c1)N1[C@H]2CC[C@H]1CC(Cc1cccc3ncccc13)C2. The molecule has 2 bridgehead atoms. The largest absolute Gasteiger partial charge is 0.333 e. The van der Waals surface area contributed by atoms with Gasteiger partial charge in [0.25, 0.3) is 5.91 Å². The minimum Gasteiger partial charge on any atom is -0.333 e. The molecule has 2 fully saturated rings. The summed E-state index contributed by atoms with van der Waals surface area (Å²) in [6, 6.07) is 13.1. The summed E-state index contributed by atoms with van der Waals surface area (Å²) >= 11 is 0. The molecule has 0 saturated carbocycles. The van der Waals surface area contributed by atoms with Crippen LogP contribution in [0, 0.1) is 5.92 Å². The summed E-state index contributed by atoms with van der Waals surface area (Å²) in [5.41, 5.74) is 4.81. The second-order valence-electron chi connectivity index (χ2n) is 9.22. The molecule has 2 aliphatic rings. The lowest BCUT2D eigenvalue weighted by molar-refractivity contribution is 0.0524. The van der Waals surface area contributed by atoms with Crippen LogP contribution in [0.5, 0.6) is 0 Å². The van der Waals surface area contributed by atoms with Gasteiger partial charge in [0.2, 0.25) is 0 Å². The third-order valence-corrected chi connectivity index (χ3v) is 7.19. The molecule has 3 aromatic heterocycles. The van der Waals surface area contributed by atoms with Gasteiger partial charge in [-0.1, -0.05) is 18.2 Å². The van der Waals surface area contributed by atoms with E-state index in [2.05, 4.69) is 49.1 Å². The number of amides is 1. The zero-order chi connectivity index (χ0) is 22.2.